The number of rotatable bonds is 3. The minimum atomic E-state index is -0.0963. The molecule has 1 aromatic heterocycles. The van der Waals surface area contributed by atoms with E-state index < -0.39 is 0 Å². The van der Waals surface area contributed by atoms with E-state index in [0.29, 0.717) is 31.3 Å². The number of ether oxygens (including phenoxy) is 1. The molecule has 1 aliphatic heterocycles. The molecule has 2 amide bonds. The third kappa shape index (κ3) is 3.80. The van der Waals surface area contributed by atoms with Gasteiger partial charge in [-0.2, -0.15) is 0 Å². The molecule has 140 valence electrons. The van der Waals surface area contributed by atoms with Crippen molar-refractivity contribution in [2.75, 3.05) is 31.6 Å². The molecule has 4 rings (SSSR count). The summed E-state index contributed by atoms with van der Waals surface area (Å²) < 4.78 is 11.0. The monoisotopic (exact) mass is 384 g/mol. The van der Waals surface area contributed by atoms with E-state index in [9.17, 15) is 4.79 Å². The molecule has 0 bridgehead atoms. The average Bonchev–Trinajstić information content (AvgIpc) is 3.13. The van der Waals surface area contributed by atoms with Gasteiger partial charge in [-0.05, 0) is 41.5 Å². The van der Waals surface area contributed by atoms with E-state index in [1.54, 1.807) is 4.90 Å². The number of halogens is 1. The van der Waals surface area contributed by atoms with Crippen molar-refractivity contribution in [2.24, 2.45) is 0 Å². The second kappa shape index (κ2) is 7.62. The number of urea groups is 1. The van der Waals surface area contributed by atoms with Crippen molar-refractivity contribution in [1.29, 1.82) is 0 Å². The van der Waals surface area contributed by atoms with Crippen LogP contribution >= 0.6 is 11.6 Å². The van der Waals surface area contributed by atoms with E-state index in [-0.39, 0.29) is 6.03 Å². The summed E-state index contributed by atoms with van der Waals surface area (Å²) in [5.74, 6) is 0.922. The van der Waals surface area contributed by atoms with E-state index in [4.69, 9.17) is 20.8 Å². The quantitative estimate of drug-likeness (QED) is 0.676. The Labute approximate surface area is 162 Å². The predicted molar refractivity (Wildman–Crippen MR) is 107 cm³/mol. The minimum Gasteiger partial charge on any atom is -0.460 e. The number of amides is 2. The van der Waals surface area contributed by atoms with Gasteiger partial charge in [-0.15, -0.1) is 0 Å². The molecule has 0 atom stereocenters. The van der Waals surface area contributed by atoms with Crippen molar-refractivity contribution < 1.29 is 13.9 Å². The molecular formula is C21H21ClN2O3. The van der Waals surface area contributed by atoms with Crippen molar-refractivity contribution in [3.63, 3.8) is 0 Å². The number of nitrogens with one attached hydrogen (secondary N) is 1. The number of fused-ring (bicyclic) bond motifs is 1. The number of nitrogens with zero attached hydrogens (tertiary/aromatic N) is 1. The maximum absolute atomic E-state index is 12.3. The number of carbonyl (C=O) groups is 1. The summed E-state index contributed by atoms with van der Waals surface area (Å²) in [7, 11) is 0. The van der Waals surface area contributed by atoms with Crippen molar-refractivity contribution in [2.45, 2.75) is 13.3 Å². The Morgan fingerprint density at radius 1 is 1.11 bits per heavy atom. The first-order valence-corrected chi connectivity index (χ1v) is 9.48. The van der Waals surface area contributed by atoms with Gasteiger partial charge in [0, 0.05) is 30.6 Å². The molecule has 27 heavy (non-hydrogen) atoms. The fraction of sp³-hybridized carbons (Fsp3) is 0.286. The molecule has 2 aromatic carbocycles. The van der Waals surface area contributed by atoms with Crippen LogP contribution in [0.5, 0.6) is 0 Å². The van der Waals surface area contributed by atoms with Crippen LogP contribution in [0.1, 0.15) is 12.7 Å². The third-order valence-corrected chi connectivity index (χ3v) is 5.02. The van der Waals surface area contributed by atoms with Gasteiger partial charge in [0.2, 0.25) is 0 Å². The van der Waals surface area contributed by atoms with Crippen molar-refractivity contribution in [1.82, 2.24) is 4.90 Å². The lowest BCUT2D eigenvalue weighted by Crippen LogP contribution is -2.43. The van der Waals surface area contributed by atoms with Crippen LogP contribution in [0.4, 0.5) is 10.5 Å². The zero-order chi connectivity index (χ0) is 18.8. The highest BCUT2D eigenvalue weighted by Gasteiger charge is 2.16. The number of morpholine rings is 1. The van der Waals surface area contributed by atoms with Crippen LogP contribution in [-0.2, 0) is 11.2 Å². The predicted octanol–water partition coefficient (Wildman–Crippen LogP) is 5.18. The van der Waals surface area contributed by atoms with Gasteiger partial charge in [-0.25, -0.2) is 4.79 Å². The molecule has 1 saturated heterocycles. The largest absolute Gasteiger partial charge is 0.460 e. The number of anilines is 1. The zero-order valence-corrected chi connectivity index (χ0v) is 15.9. The molecular weight excluding hydrogens is 364 g/mol. The Balaban J connectivity index is 1.53. The first kappa shape index (κ1) is 17.9. The van der Waals surface area contributed by atoms with Gasteiger partial charge < -0.3 is 19.4 Å². The van der Waals surface area contributed by atoms with Crippen LogP contribution in [0.2, 0.25) is 5.02 Å². The van der Waals surface area contributed by atoms with Crippen LogP contribution < -0.4 is 5.32 Å². The zero-order valence-electron chi connectivity index (χ0n) is 15.1. The van der Waals surface area contributed by atoms with Gasteiger partial charge >= 0.3 is 6.03 Å². The molecule has 3 aromatic rings. The fourth-order valence-corrected chi connectivity index (χ4v) is 3.48. The maximum atomic E-state index is 12.3. The lowest BCUT2D eigenvalue weighted by molar-refractivity contribution is 0.0564. The molecule has 1 N–H and O–H groups in total. The average molecular weight is 385 g/mol. The second-order valence-electron chi connectivity index (χ2n) is 6.55. The fourth-order valence-electron chi connectivity index (χ4n) is 3.22. The summed E-state index contributed by atoms with van der Waals surface area (Å²) >= 11 is 6.40. The van der Waals surface area contributed by atoms with Gasteiger partial charge in [0.05, 0.1) is 18.2 Å². The molecule has 2 heterocycles. The Morgan fingerprint density at radius 3 is 2.56 bits per heavy atom. The van der Waals surface area contributed by atoms with Crippen LogP contribution in [0.3, 0.4) is 0 Å². The molecule has 0 radical (unpaired) electrons. The topological polar surface area (TPSA) is 54.7 Å². The van der Waals surface area contributed by atoms with E-state index in [1.807, 2.05) is 36.4 Å². The first-order chi connectivity index (χ1) is 13.1. The number of furan rings is 1. The Hall–Kier alpha value is -2.50. The number of hydrogen-bond acceptors (Lipinski definition) is 3. The number of carbonyl (C=O) groups excluding carboxylic acids is 1. The first-order valence-electron chi connectivity index (χ1n) is 9.10. The van der Waals surface area contributed by atoms with E-state index >= 15 is 0 Å². The normalized spacial score (nSPS) is 14.5. The van der Waals surface area contributed by atoms with Crippen LogP contribution in [0, 0.1) is 0 Å². The van der Waals surface area contributed by atoms with Crippen LogP contribution in [-0.4, -0.2) is 37.2 Å². The summed E-state index contributed by atoms with van der Waals surface area (Å²) in [6, 6.07) is 13.7. The summed E-state index contributed by atoms with van der Waals surface area (Å²) in [5, 5.41) is 4.54. The molecule has 0 spiro atoms. The van der Waals surface area contributed by atoms with E-state index in [1.165, 1.54) is 0 Å². The molecule has 1 aliphatic rings. The molecule has 1 fully saturated rings. The van der Waals surface area contributed by atoms with E-state index in [2.05, 4.69) is 18.3 Å². The van der Waals surface area contributed by atoms with Gasteiger partial charge in [0.1, 0.15) is 5.76 Å². The lowest BCUT2D eigenvalue weighted by Gasteiger charge is -2.26. The molecule has 0 saturated carbocycles. The van der Waals surface area contributed by atoms with Gasteiger partial charge in [0.25, 0.3) is 0 Å². The highest BCUT2D eigenvalue weighted by atomic mass is 35.5. The van der Waals surface area contributed by atoms with Gasteiger partial charge in [0.15, 0.2) is 5.58 Å². The number of aryl methyl sites for hydroxylation is 1. The summed E-state index contributed by atoms with van der Waals surface area (Å²) in [6.45, 7) is 4.46. The second-order valence-corrected chi connectivity index (χ2v) is 6.96. The molecule has 6 heteroatoms. The van der Waals surface area contributed by atoms with Crippen LogP contribution in [0.25, 0.3) is 22.1 Å². The Kier molecular flexibility index (Phi) is 5.05. The van der Waals surface area contributed by atoms with Crippen molar-refractivity contribution in [3.05, 3.63) is 53.2 Å². The Bertz CT molecular complexity index is 959. The van der Waals surface area contributed by atoms with E-state index in [0.717, 1.165) is 40.0 Å². The maximum Gasteiger partial charge on any atom is 0.321 e. The lowest BCUT2D eigenvalue weighted by atomic mass is 10.0. The smallest absolute Gasteiger partial charge is 0.321 e. The Morgan fingerprint density at radius 2 is 1.85 bits per heavy atom. The highest BCUT2D eigenvalue weighted by Crippen LogP contribution is 2.33. The van der Waals surface area contributed by atoms with Crippen molar-refractivity contribution >= 4 is 34.3 Å². The minimum absolute atomic E-state index is 0.0963. The molecule has 0 unspecified atom stereocenters. The standard InChI is InChI=1S/C21H21ClN2O3/c1-2-18-12-16-11-15(13-19(22)20(16)27-18)14-3-5-17(6-4-14)23-21(25)24-7-9-26-10-8-24/h3-6,11-13H,2,7-10H2,1H3,(H,23,25). The SMILES string of the molecule is CCc1cc2cc(-c3ccc(NC(=O)N4CCOCC4)cc3)cc(Cl)c2o1. The van der Waals surface area contributed by atoms with Gasteiger partial charge in [-0.1, -0.05) is 30.7 Å². The van der Waals surface area contributed by atoms with Gasteiger partial charge in [-0.3, -0.25) is 0 Å². The summed E-state index contributed by atoms with van der Waals surface area (Å²) in [6.07, 6.45) is 0.831. The molecule has 0 aliphatic carbocycles. The number of benzene rings is 2. The number of hydrogen-bond donors (Lipinski definition) is 1. The summed E-state index contributed by atoms with van der Waals surface area (Å²) in [5.41, 5.74) is 3.54. The van der Waals surface area contributed by atoms with Crippen molar-refractivity contribution in [3.8, 4) is 11.1 Å². The summed E-state index contributed by atoms with van der Waals surface area (Å²) in [4.78, 5) is 14.0. The highest BCUT2D eigenvalue weighted by molar-refractivity contribution is 6.35. The third-order valence-electron chi connectivity index (χ3n) is 4.74. The molecule has 5 nitrogen and oxygen atoms in total. The van der Waals surface area contributed by atoms with Crippen LogP contribution in [0.15, 0.2) is 46.9 Å².